The molecule has 1 aliphatic carbocycles. The average Bonchev–Trinajstić information content (AvgIpc) is 2.53. The van der Waals surface area contributed by atoms with Crippen LogP contribution in [0, 0.1) is 22.7 Å². The Labute approximate surface area is 82.4 Å². The molecule has 0 aromatic rings. The second kappa shape index (κ2) is 3.81. The Morgan fingerprint density at radius 2 is 1.85 bits per heavy atom. The highest BCUT2D eigenvalue weighted by molar-refractivity contribution is 5.82. The minimum atomic E-state index is 0.523. The second-order valence-corrected chi connectivity index (χ2v) is 5.00. The van der Waals surface area contributed by atoms with E-state index in [4.69, 9.17) is 5.41 Å². The quantitative estimate of drug-likeness (QED) is 0.622. The largest absolute Gasteiger partial charge is 0.310 e. The van der Waals surface area contributed by atoms with Crippen molar-refractivity contribution in [1.29, 1.82) is 5.41 Å². The Morgan fingerprint density at radius 1 is 1.23 bits per heavy atom. The second-order valence-electron chi connectivity index (χ2n) is 5.00. The topological polar surface area (TPSA) is 23.9 Å². The van der Waals surface area contributed by atoms with Gasteiger partial charge in [-0.15, -0.1) is 0 Å². The fourth-order valence-corrected chi connectivity index (χ4v) is 2.74. The summed E-state index contributed by atoms with van der Waals surface area (Å²) >= 11 is 0. The highest BCUT2D eigenvalue weighted by Gasteiger charge is 2.55. The van der Waals surface area contributed by atoms with Gasteiger partial charge in [-0.3, -0.25) is 0 Å². The van der Waals surface area contributed by atoms with Gasteiger partial charge in [0.2, 0.25) is 0 Å². The molecule has 1 aliphatic rings. The van der Waals surface area contributed by atoms with Crippen molar-refractivity contribution in [2.75, 3.05) is 0 Å². The molecule has 0 spiro atoms. The van der Waals surface area contributed by atoms with Gasteiger partial charge in [0.05, 0.1) is 0 Å². The standard InChI is InChI=1S/C12H23N/c1-5-7-9(13)8-11-10(6-2)12(11,3)4/h10-11,13H,5-8H2,1-4H3. The third-order valence-corrected chi connectivity index (χ3v) is 3.75. The molecule has 0 heterocycles. The van der Waals surface area contributed by atoms with Crippen molar-refractivity contribution in [2.45, 2.75) is 53.4 Å². The molecule has 2 unspecified atom stereocenters. The summed E-state index contributed by atoms with van der Waals surface area (Å²) in [7, 11) is 0. The molecule has 1 heteroatoms. The van der Waals surface area contributed by atoms with Crippen LogP contribution < -0.4 is 0 Å². The van der Waals surface area contributed by atoms with E-state index in [1.165, 1.54) is 6.42 Å². The van der Waals surface area contributed by atoms with Crippen LogP contribution >= 0.6 is 0 Å². The smallest absolute Gasteiger partial charge is 0.00921 e. The highest BCUT2D eigenvalue weighted by atomic mass is 14.6. The zero-order chi connectivity index (χ0) is 10.1. The summed E-state index contributed by atoms with van der Waals surface area (Å²) in [5.41, 5.74) is 1.49. The van der Waals surface area contributed by atoms with E-state index in [1.54, 1.807) is 0 Å². The monoisotopic (exact) mass is 181 g/mol. The van der Waals surface area contributed by atoms with E-state index in [0.29, 0.717) is 5.41 Å². The van der Waals surface area contributed by atoms with Crippen LogP contribution in [0.15, 0.2) is 0 Å². The number of hydrogen-bond acceptors (Lipinski definition) is 1. The average molecular weight is 181 g/mol. The van der Waals surface area contributed by atoms with Gasteiger partial charge in [0.25, 0.3) is 0 Å². The lowest BCUT2D eigenvalue weighted by atomic mass is 10.0. The summed E-state index contributed by atoms with van der Waals surface area (Å²) in [5, 5.41) is 7.80. The van der Waals surface area contributed by atoms with Crippen molar-refractivity contribution in [1.82, 2.24) is 0 Å². The summed E-state index contributed by atoms with van der Waals surface area (Å²) in [4.78, 5) is 0. The first-order valence-corrected chi connectivity index (χ1v) is 5.60. The van der Waals surface area contributed by atoms with E-state index in [-0.39, 0.29) is 0 Å². The summed E-state index contributed by atoms with van der Waals surface area (Å²) in [6.45, 7) is 9.13. The molecule has 0 radical (unpaired) electrons. The van der Waals surface area contributed by atoms with E-state index < -0.39 is 0 Å². The van der Waals surface area contributed by atoms with Crippen molar-refractivity contribution in [3.63, 3.8) is 0 Å². The summed E-state index contributed by atoms with van der Waals surface area (Å²) in [6, 6.07) is 0. The van der Waals surface area contributed by atoms with E-state index in [0.717, 1.165) is 36.8 Å². The Bertz CT molecular complexity index is 193. The fraction of sp³-hybridized carbons (Fsp3) is 0.917. The molecular formula is C12H23N. The molecule has 0 amide bonds. The molecule has 0 bridgehead atoms. The molecule has 0 aromatic heterocycles. The first kappa shape index (κ1) is 10.7. The lowest BCUT2D eigenvalue weighted by Crippen LogP contribution is -2.00. The van der Waals surface area contributed by atoms with Crippen molar-refractivity contribution in [3.8, 4) is 0 Å². The van der Waals surface area contributed by atoms with Crippen LogP contribution in [0.2, 0.25) is 0 Å². The maximum absolute atomic E-state index is 7.80. The van der Waals surface area contributed by atoms with E-state index >= 15 is 0 Å². The zero-order valence-electron chi connectivity index (χ0n) is 9.48. The van der Waals surface area contributed by atoms with E-state index in [9.17, 15) is 0 Å². The molecule has 1 rings (SSSR count). The highest BCUT2D eigenvalue weighted by Crippen LogP contribution is 2.61. The van der Waals surface area contributed by atoms with Crippen molar-refractivity contribution >= 4 is 5.71 Å². The van der Waals surface area contributed by atoms with Crippen LogP contribution in [0.4, 0.5) is 0 Å². The van der Waals surface area contributed by atoms with Gasteiger partial charge in [-0.05, 0) is 30.1 Å². The zero-order valence-corrected chi connectivity index (χ0v) is 9.48. The number of nitrogens with one attached hydrogen (secondary N) is 1. The van der Waals surface area contributed by atoms with Gasteiger partial charge in [-0.2, -0.15) is 0 Å². The van der Waals surface area contributed by atoms with Gasteiger partial charge in [0.1, 0.15) is 0 Å². The first-order valence-electron chi connectivity index (χ1n) is 5.60. The summed E-state index contributed by atoms with van der Waals surface area (Å²) in [6.07, 6.45) is 4.47. The van der Waals surface area contributed by atoms with Crippen molar-refractivity contribution in [2.24, 2.45) is 17.3 Å². The van der Waals surface area contributed by atoms with Gasteiger partial charge >= 0.3 is 0 Å². The predicted molar refractivity (Wildman–Crippen MR) is 58.3 cm³/mol. The first-order chi connectivity index (χ1) is 6.04. The third-order valence-electron chi connectivity index (χ3n) is 3.75. The van der Waals surface area contributed by atoms with Crippen LogP contribution in [0.5, 0.6) is 0 Å². The maximum Gasteiger partial charge on any atom is 0.00921 e. The van der Waals surface area contributed by atoms with Crippen molar-refractivity contribution < 1.29 is 0 Å². The molecule has 1 fully saturated rings. The molecule has 1 nitrogen and oxygen atoms in total. The molecule has 1 saturated carbocycles. The predicted octanol–water partition coefficient (Wildman–Crippen LogP) is 3.88. The third kappa shape index (κ3) is 2.12. The van der Waals surface area contributed by atoms with Crippen LogP contribution in [0.25, 0.3) is 0 Å². The van der Waals surface area contributed by atoms with Crippen LogP contribution in [-0.4, -0.2) is 5.71 Å². The van der Waals surface area contributed by atoms with Gasteiger partial charge < -0.3 is 5.41 Å². The Kier molecular flexibility index (Phi) is 3.15. The van der Waals surface area contributed by atoms with Crippen LogP contribution in [0.1, 0.15) is 53.4 Å². The Morgan fingerprint density at radius 3 is 2.23 bits per heavy atom. The van der Waals surface area contributed by atoms with Crippen LogP contribution in [0.3, 0.4) is 0 Å². The molecule has 0 saturated heterocycles. The molecule has 2 atom stereocenters. The normalized spacial score (nSPS) is 30.2. The number of rotatable bonds is 5. The minimum Gasteiger partial charge on any atom is -0.310 e. The number of hydrogen-bond donors (Lipinski definition) is 1. The lowest BCUT2D eigenvalue weighted by molar-refractivity contribution is 0.532. The molecule has 13 heavy (non-hydrogen) atoms. The minimum absolute atomic E-state index is 0.523. The van der Waals surface area contributed by atoms with E-state index in [2.05, 4.69) is 27.7 Å². The summed E-state index contributed by atoms with van der Waals surface area (Å²) < 4.78 is 0. The van der Waals surface area contributed by atoms with E-state index in [1.807, 2.05) is 0 Å². The summed E-state index contributed by atoms with van der Waals surface area (Å²) in [5.74, 6) is 1.68. The maximum atomic E-state index is 7.80. The molecule has 0 aromatic carbocycles. The molecule has 0 aliphatic heterocycles. The SMILES string of the molecule is CCCC(=N)CC1C(CC)C1(C)C. The lowest BCUT2D eigenvalue weighted by Gasteiger charge is -2.03. The Balaban J connectivity index is 2.36. The van der Waals surface area contributed by atoms with Gasteiger partial charge in [0.15, 0.2) is 0 Å². The Hall–Kier alpha value is -0.330. The van der Waals surface area contributed by atoms with Crippen molar-refractivity contribution in [3.05, 3.63) is 0 Å². The van der Waals surface area contributed by atoms with Gasteiger partial charge in [-0.1, -0.05) is 40.5 Å². The van der Waals surface area contributed by atoms with Gasteiger partial charge in [-0.25, -0.2) is 0 Å². The molecular weight excluding hydrogens is 158 g/mol. The molecule has 1 N–H and O–H groups in total. The van der Waals surface area contributed by atoms with Gasteiger partial charge in [0, 0.05) is 5.71 Å². The molecule has 76 valence electrons. The fourth-order valence-electron chi connectivity index (χ4n) is 2.74. The van der Waals surface area contributed by atoms with Crippen LogP contribution in [-0.2, 0) is 0 Å².